The quantitative estimate of drug-likeness (QED) is 0.646. The molecule has 0 saturated carbocycles. The number of hydrazine groups is 1. The first-order chi connectivity index (χ1) is 10.2. The van der Waals surface area contributed by atoms with Crippen molar-refractivity contribution in [2.75, 3.05) is 5.75 Å². The molecule has 1 heterocycles. The Morgan fingerprint density at radius 3 is 2.76 bits per heavy atom. The Morgan fingerprint density at radius 2 is 2.00 bits per heavy atom. The molecule has 2 nitrogen and oxygen atoms in total. The molecule has 2 aromatic rings. The molecule has 0 fully saturated rings. The van der Waals surface area contributed by atoms with Gasteiger partial charge >= 0.3 is 0 Å². The average molecular weight is 339 g/mol. The van der Waals surface area contributed by atoms with Crippen molar-refractivity contribution < 1.29 is 0 Å². The summed E-state index contributed by atoms with van der Waals surface area (Å²) in [6.45, 7) is 0. The predicted octanol–water partition coefficient (Wildman–Crippen LogP) is 4.26. The lowest BCUT2D eigenvalue weighted by molar-refractivity contribution is 0.463. The van der Waals surface area contributed by atoms with E-state index in [1.54, 1.807) is 0 Å². The first-order valence-electron chi connectivity index (χ1n) is 6.81. The fourth-order valence-electron chi connectivity index (χ4n) is 2.76. The number of thioether (sulfide) groups is 1. The van der Waals surface area contributed by atoms with Crippen LogP contribution in [-0.2, 0) is 6.42 Å². The monoisotopic (exact) mass is 338 g/mol. The minimum Gasteiger partial charge on any atom is -0.271 e. The molecule has 0 aromatic heterocycles. The SMILES string of the molecule is NNC(Cc1ccc(Cl)c(Cl)c1)C1CSc2ccccc21. The number of rotatable bonds is 4. The second kappa shape index (κ2) is 6.59. The van der Waals surface area contributed by atoms with Crippen LogP contribution in [0.2, 0.25) is 10.0 Å². The minimum atomic E-state index is 0.179. The molecule has 2 atom stereocenters. The number of nitrogens with two attached hydrogens (primary N) is 1. The van der Waals surface area contributed by atoms with Crippen molar-refractivity contribution in [1.82, 2.24) is 5.43 Å². The lowest BCUT2D eigenvalue weighted by Crippen LogP contribution is -2.41. The molecule has 1 aliphatic heterocycles. The number of nitrogens with one attached hydrogen (secondary N) is 1. The van der Waals surface area contributed by atoms with Gasteiger partial charge in [0.25, 0.3) is 0 Å². The molecule has 0 bridgehead atoms. The van der Waals surface area contributed by atoms with Crippen LogP contribution < -0.4 is 11.3 Å². The molecule has 0 spiro atoms. The zero-order valence-corrected chi connectivity index (χ0v) is 13.7. The van der Waals surface area contributed by atoms with Crippen LogP contribution in [0.1, 0.15) is 17.0 Å². The molecule has 110 valence electrons. The minimum absolute atomic E-state index is 0.179. The largest absolute Gasteiger partial charge is 0.271 e. The van der Waals surface area contributed by atoms with E-state index in [-0.39, 0.29) is 6.04 Å². The van der Waals surface area contributed by atoms with Crippen LogP contribution in [0.3, 0.4) is 0 Å². The summed E-state index contributed by atoms with van der Waals surface area (Å²) in [5.74, 6) is 7.27. The molecule has 2 unspecified atom stereocenters. The molecule has 0 radical (unpaired) electrons. The molecule has 0 amide bonds. The number of hydrogen-bond donors (Lipinski definition) is 2. The number of hydrogen-bond acceptors (Lipinski definition) is 3. The third-order valence-corrected chi connectivity index (χ3v) is 5.82. The van der Waals surface area contributed by atoms with E-state index in [0.29, 0.717) is 16.0 Å². The Hall–Kier alpha value is -0.710. The van der Waals surface area contributed by atoms with Gasteiger partial charge in [-0.1, -0.05) is 47.5 Å². The van der Waals surface area contributed by atoms with Crippen molar-refractivity contribution in [1.29, 1.82) is 0 Å². The van der Waals surface area contributed by atoms with E-state index in [1.807, 2.05) is 30.0 Å². The van der Waals surface area contributed by atoms with E-state index >= 15 is 0 Å². The van der Waals surface area contributed by atoms with Crippen molar-refractivity contribution >= 4 is 35.0 Å². The fraction of sp³-hybridized carbons (Fsp3) is 0.250. The molecule has 3 N–H and O–H groups in total. The molecule has 21 heavy (non-hydrogen) atoms. The summed E-state index contributed by atoms with van der Waals surface area (Å²) in [4.78, 5) is 1.36. The lowest BCUT2D eigenvalue weighted by atomic mass is 9.89. The summed E-state index contributed by atoms with van der Waals surface area (Å²) in [6.07, 6.45) is 0.826. The fourth-order valence-corrected chi connectivity index (χ4v) is 4.41. The molecule has 3 rings (SSSR count). The van der Waals surface area contributed by atoms with Crippen LogP contribution in [0.25, 0.3) is 0 Å². The number of halogens is 2. The summed E-state index contributed by atoms with van der Waals surface area (Å²) in [7, 11) is 0. The van der Waals surface area contributed by atoms with Crippen molar-refractivity contribution in [2.24, 2.45) is 5.84 Å². The van der Waals surface area contributed by atoms with Crippen LogP contribution in [0, 0.1) is 0 Å². The smallest absolute Gasteiger partial charge is 0.0595 e. The predicted molar refractivity (Wildman–Crippen MR) is 91.2 cm³/mol. The van der Waals surface area contributed by atoms with Crippen LogP contribution in [0.15, 0.2) is 47.4 Å². The summed E-state index contributed by atoms with van der Waals surface area (Å²) >= 11 is 14.0. The maximum atomic E-state index is 6.09. The zero-order valence-electron chi connectivity index (χ0n) is 11.4. The molecule has 1 aliphatic rings. The van der Waals surface area contributed by atoms with Crippen LogP contribution in [0.5, 0.6) is 0 Å². The molecular weight excluding hydrogens is 323 g/mol. The van der Waals surface area contributed by atoms with Gasteiger partial charge in [-0.05, 0) is 35.7 Å². The van der Waals surface area contributed by atoms with Crippen LogP contribution in [0.4, 0.5) is 0 Å². The Balaban J connectivity index is 1.81. The Morgan fingerprint density at radius 1 is 1.19 bits per heavy atom. The van der Waals surface area contributed by atoms with Crippen molar-refractivity contribution in [3.05, 3.63) is 63.6 Å². The van der Waals surface area contributed by atoms with E-state index in [0.717, 1.165) is 17.7 Å². The molecule has 0 aliphatic carbocycles. The number of benzene rings is 2. The first-order valence-corrected chi connectivity index (χ1v) is 8.55. The Bertz CT molecular complexity index is 648. The third-order valence-electron chi connectivity index (χ3n) is 3.88. The van der Waals surface area contributed by atoms with E-state index in [9.17, 15) is 0 Å². The third kappa shape index (κ3) is 3.22. The highest BCUT2D eigenvalue weighted by Crippen LogP contribution is 2.41. The normalized spacial score (nSPS) is 18.5. The van der Waals surface area contributed by atoms with Crippen molar-refractivity contribution in [3.8, 4) is 0 Å². The molecular formula is C16H16Cl2N2S. The summed E-state index contributed by atoms with van der Waals surface area (Å²) in [6, 6.07) is 14.5. The van der Waals surface area contributed by atoms with Crippen LogP contribution >= 0.6 is 35.0 Å². The highest BCUT2D eigenvalue weighted by molar-refractivity contribution is 7.99. The standard InChI is InChI=1S/C16H16Cl2N2S/c17-13-6-5-10(7-14(13)18)8-15(20-19)12-9-21-16-4-2-1-3-11(12)16/h1-7,12,15,20H,8-9,19H2. The van der Waals surface area contributed by atoms with Crippen LogP contribution in [-0.4, -0.2) is 11.8 Å². The average Bonchev–Trinajstić information content (AvgIpc) is 2.92. The van der Waals surface area contributed by atoms with Crippen molar-refractivity contribution in [3.63, 3.8) is 0 Å². The van der Waals surface area contributed by atoms with E-state index in [2.05, 4.69) is 29.7 Å². The van der Waals surface area contributed by atoms with Gasteiger partial charge in [-0.2, -0.15) is 0 Å². The van der Waals surface area contributed by atoms with Gasteiger partial charge in [0.1, 0.15) is 0 Å². The van der Waals surface area contributed by atoms with Gasteiger partial charge < -0.3 is 0 Å². The zero-order chi connectivity index (χ0) is 14.8. The second-order valence-electron chi connectivity index (χ2n) is 5.18. The van der Waals surface area contributed by atoms with Gasteiger partial charge in [-0.3, -0.25) is 11.3 Å². The number of fused-ring (bicyclic) bond motifs is 1. The van der Waals surface area contributed by atoms with Gasteiger partial charge in [0.05, 0.1) is 10.0 Å². The lowest BCUT2D eigenvalue weighted by Gasteiger charge is -2.23. The first kappa shape index (κ1) is 15.2. The van der Waals surface area contributed by atoms with Gasteiger partial charge in [-0.25, -0.2) is 0 Å². The Kier molecular flexibility index (Phi) is 4.77. The second-order valence-corrected chi connectivity index (χ2v) is 7.06. The van der Waals surface area contributed by atoms with Crippen molar-refractivity contribution in [2.45, 2.75) is 23.3 Å². The summed E-state index contributed by atoms with van der Waals surface area (Å²) < 4.78 is 0. The molecule has 0 saturated heterocycles. The van der Waals surface area contributed by atoms with E-state index < -0.39 is 0 Å². The topological polar surface area (TPSA) is 38.0 Å². The maximum Gasteiger partial charge on any atom is 0.0595 e. The molecule has 5 heteroatoms. The van der Waals surface area contributed by atoms with E-state index in [1.165, 1.54) is 10.5 Å². The highest BCUT2D eigenvalue weighted by Gasteiger charge is 2.29. The van der Waals surface area contributed by atoms with Gasteiger partial charge in [-0.15, -0.1) is 11.8 Å². The van der Waals surface area contributed by atoms with Gasteiger partial charge in [0, 0.05) is 22.6 Å². The highest BCUT2D eigenvalue weighted by atomic mass is 35.5. The Labute approximate surface area is 139 Å². The van der Waals surface area contributed by atoms with Gasteiger partial charge in [0.15, 0.2) is 0 Å². The van der Waals surface area contributed by atoms with E-state index in [4.69, 9.17) is 29.0 Å². The van der Waals surface area contributed by atoms with Gasteiger partial charge in [0.2, 0.25) is 0 Å². The maximum absolute atomic E-state index is 6.09. The summed E-state index contributed by atoms with van der Waals surface area (Å²) in [5, 5.41) is 1.17. The summed E-state index contributed by atoms with van der Waals surface area (Å²) in [5.41, 5.74) is 5.50. The molecule has 2 aromatic carbocycles.